The van der Waals surface area contributed by atoms with E-state index in [0.29, 0.717) is 12.4 Å². The average molecular weight is 500 g/mol. The monoisotopic (exact) mass is 499 g/mol. The van der Waals surface area contributed by atoms with Crippen LogP contribution in [0, 0.1) is 5.41 Å². The summed E-state index contributed by atoms with van der Waals surface area (Å²) in [6.07, 6.45) is 1.89. The van der Waals surface area contributed by atoms with Gasteiger partial charge in [0.15, 0.2) is 0 Å². The maximum atomic E-state index is 12.4. The van der Waals surface area contributed by atoms with Gasteiger partial charge in [-0.3, -0.25) is 4.79 Å². The molecule has 0 aromatic heterocycles. The van der Waals surface area contributed by atoms with Crippen LogP contribution in [0.3, 0.4) is 0 Å². The standard InChI is InChI=1S/C33H41NO3/c1-8-24-10-12-25(13-11-24)30(9-2)31(26-14-18-28(19-15-26)36-23-22-34(6)7)27-16-20-29(21-17-27)37-32(35)33(3,4)5/h10-21H,8-9,22-23H2,1-7H3/b31-30+. The molecule has 4 nitrogen and oxygen atoms in total. The molecule has 0 unspecified atom stereocenters. The number of likely N-dealkylation sites (N-methyl/N-ethyl adjacent to an activating group) is 1. The fourth-order valence-corrected chi connectivity index (χ4v) is 4.00. The van der Waals surface area contributed by atoms with Crippen molar-refractivity contribution in [1.29, 1.82) is 0 Å². The Bertz CT molecular complexity index is 1180. The van der Waals surface area contributed by atoms with E-state index in [0.717, 1.165) is 36.3 Å². The van der Waals surface area contributed by atoms with E-state index < -0.39 is 5.41 Å². The summed E-state index contributed by atoms with van der Waals surface area (Å²) < 4.78 is 11.5. The van der Waals surface area contributed by atoms with E-state index in [1.54, 1.807) is 0 Å². The molecule has 196 valence electrons. The van der Waals surface area contributed by atoms with Crippen molar-refractivity contribution in [2.24, 2.45) is 5.41 Å². The van der Waals surface area contributed by atoms with Crippen LogP contribution >= 0.6 is 0 Å². The number of hydrogen-bond donors (Lipinski definition) is 0. The van der Waals surface area contributed by atoms with Gasteiger partial charge in [0.1, 0.15) is 18.1 Å². The lowest BCUT2D eigenvalue weighted by molar-refractivity contribution is -0.142. The highest BCUT2D eigenvalue weighted by Crippen LogP contribution is 2.36. The molecule has 0 aliphatic heterocycles. The normalized spacial score (nSPS) is 12.3. The van der Waals surface area contributed by atoms with Crippen LogP contribution in [-0.4, -0.2) is 38.1 Å². The van der Waals surface area contributed by atoms with Gasteiger partial charge in [-0.05, 0) is 105 Å². The third kappa shape index (κ3) is 7.80. The SMILES string of the molecule is CC/C(=C(/c1ccc(OCCN(C)C)cc1)c1ccc(OC(=O)C(C)(C)C)cc1)c1ccc(CC)cc1. The van der Waals surface area contributed by atoms with E-state index in [2.05, 4.69) is 55.1 Å². The first-order chi connectivity index (χ1) is 17.6. The fourth-order valence-electron chi connectivity index (χ4n) is 4.00. The lowest BCUT2D eigenvalue weighted by Crippen LogP contribution is -2.25. The summed E-state index contributed by atoms with van der Waals surface area (Å²) in [6, 6.07) is 25.0. The van der Waals surface area contributed by atoms with E-state index >= 15 is 0 Å². The van der Waals surface area contributed by atoms with Crippen LogP contribution in [0.4, 0.5) is 0 Å². The van der Waals surface area contributed by atoms with Crippen LogP contribution in [0.25, 0.3) is 11.1 Å². The zero-order chi connectivity index (χ0) is 27.0. The minimum atomic E-state index is -0.555. The topological polar surface area (TPSA) is 38.8 Å². The summed E-state index contributed by atoms with van der Waals surface area (Å²) in [5.74, 6) is 1.17. The quantitative estimate of drug-likeness (QED) is 0.164. The van der Waals surface area contributed by atoms with Crippen LogP contribution in [0.1, 0.15) is 63.3 Å². The molecule has 3 aromatic carbocycles. The smallest absolute Gasteiger partial charge is 0.316 e. The van der Waals surface area contributed by atoms with Crippen LogP contribution in [-0.2, 0) is 11.2 Å². The predicted octanol–water partition coefficient (Wildman–Crippen LogP) is 7.51. The summed E-state index contributed by atoms with van der Waals surface area (Å²) in [5, 5.41) is 0. The van der Waals surface area contributed by atoms with Crippen LogP contribution < -0.4 is 9.47 Å². The molecule has 37 heavy (non-hydrogen) atoms. The minimum absolute atomic E-state index is 0.244. The molecule has 0 amide bonds. The lowest BCUT2D eigenvalue weighted by atomic mass is 9.88. The average Bonchev–Trinajstić information content (AvgIpc) is 2.88. The Labute approximate surface area is 222 Å². The Morgan fingerprint density at radius 1 is 0.757 bits per heavy atom. The summed E-state index contributed by atoms with van der Waals surface area (Å²) in [7, 11) is 4.08. The van der Waals surface area contributed by atoms with Gasteiger partial charge in [0, 0.05) is 6.54 Å². The van der Waals surface area contributed by atoms with Crippen molar-refractivity contribution in [3.05, 3.63) is 95.1 Å². The maximum absolute atomic E-state index is 12.4. The molecule has 3 aromatic rings. The van der Waals surface area contributed by atoms with Crippen LogP contribution in [0.2, 0.25) is 0 Å². The highest BCUT2D eigenvalue weighted by atomic mass is 16.5. The highest BCUT2D eigenvalue weighted by molar-refractivity contribution is 5.98. The molecular formula is C33H41NO3. The number of hydrogen-bond acceptors (Lipinski definition) is 4. The van der Waals surface area contributed by atoms with Gasteiger partial charge in [0.25, 0.3) is 0 Å². The van der Waals surface area contributed by atoms with Gasteiger partial charge < -0.3 is 14.4 Å². The Balaban J connectivity index is 2.02. The molecule has 0 spiro atoms. The van der Waals surface area contributed by atoms with Crippen molar-refractivity contribution in [1.82, 2.24) is 4.90 Å². The first kappa shape index (κ1) is 28.2. The number of benzene rings is 3. The van der Waals surface area contributed by atoms with Gasteiger partial charge in [-0.15, -0.1) is 0 Å². The molecule has 0 heterocycles. The number of rotatable bonds is 10. The van der Waals surface area contributed by atoms with Gasteiger partial charge in [-0.25, -0.2) is 0 Å². The second-order valence-electron chi connectivity index (χ2n) is 10.6. The zero-order valence-corrected chi connectivity index (χ0v) is 23.4. The Morgan fingerprint density at radius 2 is 1.27 bits per heavy atom. The van der Waals surface area contributed by atoms with Crippen molar-refractivity contribution >= 4 is 17.1 Å². The van der Waals surface area contributed by atoms with E-state index in [1.807, 2.05) is 71.3 Å². The Hall–Kier alpha value is -3.37. The Kier molecular flexibility index (Phi) is 9.71. The minimum Gasteiger partial charge on any atom is -0.492 e. The molecule has 0 saturated heterocycles. The first-order valence-corrected chi connectivity index (χ1v) is 13.2. The predicted molar refractivity (Wildman–Crippen MR) is 154 cm³/mol. The van der Waals surface area contributed by atoms with E-state index in [9.17, 15) is 4.79 Å². The van der Waals surface area contributed by atoms with E-state index in [4.69, 9.17) is 9.47 Å². The molecule has 0 N–H and O–H groups in total. The second kappa shape index (κ2) is 12.7. The van der Waals surface area contributed by atoms with Gasteiger partial charge in [0.2, 0.25) is 0 Å². The second-order valence-corrected chi connectivity index (χ2v) is 10.6. The third-order valence-electron chi connectivity index (χ3n) is 6.28. The van der Waals surface area contributed by atoms with E-state index in [-0.39, 0.29) is 5.97 Å². The number of aryl methyl sites for hydroxylation is 1. The molecule has 0 saturated carbocycles. The van der Waals surface area contributed by atoms with Crippen molar-refractivity contribution in [2.45, 2.75) is 47.5 Å². The van der Waals surface area contributed by atoms with Gasteiger partial charge in [0.05, 0.1) is 5.41 Å². The van der Waals surface area contributed by atoms with E-state index in [1.165, 1.54) is 22.3 Å². The van der Waals surface area contributed by atoms with Crippen LogP contribution in [0.15, 0.2) is 72.8 Å². The first-order valence-electron chi connectivity index (χ1n) is 13.2. The van der Waals surface area contributed by atoms with Crippen molar-refractivity contribution in [3.8, 4) is 11.5 Å². The number of nitrogens with zero attached hydrogens (tertiary/aromatic N) is 1. The van der Waals surface area contributed by atoms with Crippen LogP contribution in [0.5, 0.6) is 11.5 Å². The molecule has 0 aliphatic carbocycles. The molecule has 3 rings (SSSR count). The largest absolute Gasteiger partial charge is 0.492 e. The number of carbonyl (C=O) groups excluding carboxylic acids is 1. The molecular weight excluding hydrogens is 458 g/mol. The fraction of sp³-hybridized carbons (Fsp3) is 0.364. The van der Waals surface area contributed by atoms with Crippen molar-refractivity contribution in [2.75, 3.05) is 27.2 Å². The van der Waals surface area contributed by atoms with Gasteiger partial charge in [-0.1, -0.05) is 62.4 Å². The number of ether oxygens (including phenoxy) is 2. The summed E-state index contributed by atoms with van der Waals surface area (Å²) in [5.41, 5.74) is 6.61. The molecule has 4 heteroatoms. The number of allylic oxidation sites excluding steroid dienone is 1. The summed E-state index contributed by atoms with van der Waals surface area (Å²) >= 11 is 0. The molecule has 0 aliphatic rings. The van der Waals surface area contributed by atoms with Crippen molar-refractivity contribution in [3.63, 3.8) is 0 Å². The van der Waals surface area contributed by atoms with Crippen molar-refractivity contribution < 1.29 is 14.3 Å². The molecule has 0 fully saturated rings. The molecule has 0 bridgehead atoms. The summed E-state index contributed by atoms with van der Waals surface area (Å²) in [6.45, 7) is 11.5. The maximum Gasteiger partial charge on any atom is 0.316 e. The lowest BCUT2D eigenvalue weighted by Gasteiger charge is -2.19. The molecule has 0 atom stereocenters. The molecule has 0 radical (unpaired) electrons. The third-order valence-corrected chi connectivity index (χ3v) is 6.28. The highest BCUT2D eigenvalue weighted by Gasteiger charge is 2.24. The number of esters is 1. The zero-order valence-electron chi connectivity index (χ0n) is 23.4. The summed E-state index contributed by atoms with van der Waals surface area (Å²) in [4.78, 5) is 14.5. The van der Waals surface area contributed by atoms with Gasteiger partial charge >= 0.3 is 5.97 Å². The number of carbonyl (C=O) groups is 1. The van der Waals surface area contributed by atoms with Gasteiger partial charge in [-0.2, -0.15) is 0 Å². The Morgan fingerprint density at radius 3 is 1.73 bits per heavy atom.